The molecule has 10 heteroatoms. The summed E-state index contributed by atoms with van der Waals surface area (Å²) < 4.78 is 44.6. The predicted molar refractivity (Wildman–Crippen MR) is 117 cm³/mol. The minimum absolute atomic E-state index is 0.286. The van der Waals surface area contributed by atoms with Gasteiger partial charge in [0.05, 0.1) is 23.8 Å². The molecule has 0 aliphatic heterocycles. The zero-order valence-corrected chi connectivity index (χ0v) is 17.3. The van der Waals surface area contributed by atoms with Crippen molar-refractivity contribution in [1.82, 2.24) is 24.1 Å². The van der Waals surface area contributed by atoms with E-state index in [-0.39, 0.29) is 5.75 Å². The Bertz CT molecular complexity index is 1420. The van der Waals surface area contributed by atoms with Crippen LogP contribution in [-0.4, -0.2) is 30.5 Å². The van der Waals surface area contributed by atoms with Gasteiger partial charge in [0, 0.05) is 30.7 Å². The molecule has 1 aromatic carbocycles. The Morgan fingerprint density at radius 2 is 1.79 bits per heavy atom. The molecular formula is C23H17F3N6O. The summed E-state index contributed by atoms with van der Waals surface area (Å²) in [4.78, 5) is 9.14. The van der Waals surface area contributed by atoms with E-state index in [0.717, 1.165) is 22.5 Å². The van der Waals surface area contributed by atoms with Crippen LogP contribution in [0.5, 0.6) is 5.75 Å². The fraction of sp³-hybridized carbons (Fsp3) is 0.0870. The molecular weight excluding hydrogens is 433 g/mol. The van der Waals surface area contributed by atoms with E-state index in [1.807, 2.05) is 48.1 Å². The highest BCUT2D eigenvalue weighted by molar-refractivity contribution is 5.70. The van der Waals surface area contributed by atoms with E-state index in [2.05, 4.69) is 25.1 Å². The Labute approximate surface area is 186 Å². The maximum absolute atomic E-state index is 12.3. The molecule has 7 nitrogen and oxygen atoms in total. The van der Waals surface area contributed by atoms with E-state index in [4.69, 9.17) is 0 Å². The minimum atomic E-state index is -4.72. The van der Waals surface area contributed by atoms with E-state index < -0.39 is 6.36 Å². The number of pyridine rings is 2. The highest BCUT2D eigenvalue weighted by atomic mass is 19.4. The van der Waals surface area contributed by atoms with Gasteiger partial charge in [-0.2, -0.15) is 5.10 Å². The number of halogens is 3. The second-order valence-corrected chi connectivity index (χ2v) is 7.29. The van der Waals surface area contributed by atoms with Crippen molar-refractivity contribution in [2.24, 2.45) is 7.05 Å². The predicted octanol–water partition coefficient (Wildman–Crippen LogP) is 5.44. The number of nitrogens with zero attached hydrogens (tertiary/aromatic N) is 5. The van der Waals surface area contributed by atoms with Gasteiger partial charge in [-0.15, -0.1) is 13.2 Å². The molecule has 0 radical (unpaired) electrons. The summed E-state index contributed by atoms with van der Waals surface area (Å²) in [5, 5.41) is 7.30. The monoisotopic (exact) mass is 450 g/mol. The number of anilines is 2. The van der Waals surface area contributed by atoms with Crippen molar-refractivity contribution < 1.29 is 17.9 Å². The first-order chi connectivity index (χ1) is 15.8. The third kappa shape index (κ3) is 4.49. The van der Waals surface area contributed by atoms with Gasteiger partial charge < -0.3 is 10.1 Å². The van der Waals surface area contributed by atoms with Crippen molar-refractivity contribution >= 4 is 17.2 Å². The van der Waals surface area contributed by atoms with Gasteiger partial charge in [-0.05, 0) is 54.1 Å². The van der Waals surface area contributed by atoms with Crippen LogP contribution in [0.1, 0.15) is 0 Å². The highest BCUT2D eigenvalue weighted by Gasteiger charge is 2.30. The maximum Gasteiger partial charge on any atom is 0.573 e. The third-order valence-electron chi connectivity index (χ3n) is 4.92. The van der Waals surface area contributed by atoms with Gasteiger partial charge in [-0.3, -0.25) is 9.08 Å². The van der Waals surface area contributed by atoms with Crippen molar-refractivity contribution in [2.45, 2.75) is 6.36 Å². The van der Waals surface area contributed by atoms with Gasteiger partial charge in [0.1, 0.15) is 17.2 Å². The number of ether oxygens (including phenoxy) is 1. The average Bonchev–Trinajstić information content (AvgIpc) is 3.40. The van der Waals surface area contributed by atoms with Gasteiger partial charge >= 0.3 is 6.36 Å². The number of imidazole rings is 1. The molecule has 0 bridgehead atoms. The first-order valence-corrected chi connectivity index (χ1v) is 9.90. The third-order valence-corrected chi connectivity index (χ3v) is 4.92. The summed E-state index contributed by atoms with van der Waals surface area (Å²) >= 11 is 0. The number of aromatic nitrogens is 5. The molecule has 166 valence electrons. The van der Waals surface area contributed by atoms with Crippen molar-refractivity contribution in [3.63, 3.8) is 0 Å². The van der Waals surface area contributed by atoms with Crippen LogP contribution in [0.25, 0.3) is 28.2 Å². The molecule has 5 aromatic rings. The molecule has 33 heavy (non-hydrogen) atoms. The summed E-state index contributed by atoms with van der Waals surface area (Å²) in [6, 6.07) is 14.9. The van der Waals surface area contributed by atoms with Crippen molar-refractivity contribution in [3.8, 4) is 28.3 Å². The van der Waals surface area contributed by atoms with Crippen molar-refractivity contribution in [2.75, 3.05) is 5.32 Å². The molecule has 0 fully saturated rings. The van der Waals surface area contributed by atoms with Crippen LogP contribution in [0.3, 0.4) is 0 Å². The number of rotatable bonds is 5. The molecule has 4 aromatic heterocycles. The summed E-state index contributed by atoms with van der Waals surface area (Å²) in [7, 11) is 1.87. The molecule has 5 rings (SSSR count). The second-order valence-electron chi connectivity index (χ2n) is 7.29. The smallest absolute Gasteiger partial charge is 0.406 e. The first kappa shape index (κ1) is 20.6. The van der Waals surface area contributed by atoms with Crippen LogP contribution < -0.4 is 10.1 Å². The van der Waals surface area contributed by atoms with E-state index in [1.165, 1.54) is 24.3 Å². The zero-order valence-electron chi connectivity index (χ0n) is 17.3. The van der Waals surface area contributed by atoms with Crippen LogP contribution >= 0.6 is 0 Å². The Balaban J connectivity index is 1.39. The molecule has 0 spiro atoms. The first-order valence-electron chi connectivity index (χ1n) is 9.90. The van der Waals surface area contributed by atoms with Gasteiger partial charge in [-0.1, -0.05) is 6.07 Å². The van der Waals surface area contributed by atoms with E-state index in [0.29, 0.717) is 17.2 Å². The zero-order chi connectivity index (χ0) is 23.0. The Morgan fingerprint density at radius 3 is 2.52 bits per heavy atom. The lowest BCUT2D eigenvalue weighted by molar-refractivity contribution is -0.274. The summed E-state index contributed by atoms with van der Waals surface area (Å²) in [6.07, 6.45) is 2.69. The lowest BCUT2D eigenvalue weighted by Gasteiger charge is -2.11. The van der Waals surface area contributed by atoms with E-state index in [1.54, 1.807) is 23.1 Å². The number of alkyl halides is 3. The summed E-state index contributed by atoms with van der Waals surface area (Å²) in [5.41, 5.74) is 4.86. The SMILES string of the molecule is Cn1cc(-c2ccn3c(-c4cccc(Nc5ccc(OC(F)(F)F)cc5)n4)cnc3c2)cn1. The molecule has 0 aliphatic carbocycles. The largest absolute Gasteiger partial charge is 0.573 e. The molecule has 0 saturated carbocycles. The van der Waals surface area contributed by atoms with Crippen LogP contribution in [0.4, 0.5) is 24.7 Å². The molecule has 0 aliphatic rings. The van der Waals surface area contributed by atoms with E-state index in [9.17, 15) is 13.2 Å². The van der Waals surface area contributed by atoms with Crippen LogP contribution in [0.2, 0.25) is 0 Å². The minimum Gasteiger partial charge on any atom is -0.406 e. The Morgan fingerprint density at radius 1 is 0.970 bits per heavy atom. The maximum atomic E-state index is 12.3. The molecule has 0 unspecified atom stereocenters. The lowest BCUT2D eigenvalue weighted by Crippen LogP contribution is -2.16. The van der Waals surface area contributed by atoms with Crippen molar-refractivity contribution in [3.05, 3.63) is 79.4 Å². The van der Waals surface area contributed by atoms with Crippen molar-refractivity contribution in [1.29, 1.82) is 0 Å². The molecule has 4 heterocycles. The number of hydrogen-bond acceptors (Lipinski definition) is 5. The fourth-order valence-corrected chi connectivity index (χ4v) is 3.45. The standard InChI is InChI=1S/C23H17F3N6O/c1-31-14-16(12-28-31)15-9-10-32-20(13-27-22(32)11-15)19-3-2-4-21(30-19)29-17-5-7-18(8-6-17)33-23(24,25)26/h2-14H,1H3,(H,29,30). The summed E-state index contributed by atoms with van der Waals surface area (Å²) in [5.74, 6) is 0.255. The van der Waals surface area contributed by atoms with Gasteiger partial charge in [0.15, 0.2) is 0 Å². The normalized spacial score (nSPS) is 11.6. The number of fused-ring (bicyclic) bond motifs is 1. The van der Waals surface area contributed by atoms with E-state index >= 15 is 0 Å². The topological polar surface area (TPSA) is 69.3 Å². The molecule has 0 saturated heterocycles. The lowest BCUT2D eigenvalue weighted by atomic mass is 10.1. The summed E-state index contributed by atoms with van der Waals surface area (Å²) in [6.45, 7) is 0. The van der Waals surface area contributed by atoms with Gasteiger partial charge in [0.25, 0.3) is 0 Å². The highest BCUT2D eigenvalue weighted by Crippen LogP contribution is 2.27. The fourth-order valence-electron chi connectivity index (χ4n) is 3.45. The van der Waals surface area contributed by atoms with Crippen LogP contribution in [0, 0.1) is 0 Å². The van der Waals surface area contributed by atoms with Gasteiger partial charge in [-0.25, -0.2) is 9.97 Å². The quantitative estimate of drug-likeness (QED) is 0.386. The Hall–Kier alpha value is -4.34. The number of nitrogens with one attached hydrogen (secondary N) is 1. The Kier molecular flexibility index (Phi) is 4.97. The molecule has 0 atom stereocenters. The van der Waals surface area contributed by atoms with Crippen LogP contribution in [0.15, 0.2) is 79.4 Å². The average molecular weight is 450 g/mol. The number of benzene rings is 1. The molecule has 1 N–H and O–H groups in total. The number of hydrogen-bond donors (Lipinski definition) is 1. The second kappa shape index (κ2) is 7.97. The number of aryl methyl sites for hydroxylation is 1. The molecule has 0 amide bonds. The van der Waals surface area contributed by atoms with Crippen LogP contribution in [-0.2, 0) is 7.05 Å². The van der Waals surface area contributed by atoms with Gasteiger partial charge in [0.2, 0.25) is 0 Å².